The Hall–Kier alpha value is -1.43. The van der Waals surface area contributed by atoms with Gasteiger partial charge in [0.15, 0.2) is 0 Å². The van der Waals surface area contributed by atoms with Gasteiger partial charge in [-0.05, 0) is 13.3 Å². The molecule has 0 aromatic rings. The Bertz CT molecular complexity index is 288. The molecule has 0 aromatic carbocycles. The molecule has 0 saturated heterocycles. The number of carbonyl (C=O) groups excluding carboxylic acids is 2. The van der Waals surface area contributed by atoms with Crippen molar-refractivity contribution in [3.63, 3.8) is 0 Å². The number of rotatable bonds is 4. The fourth-order valence-corrected chi connectivity index (χ4v) is 1.21. The van der Waals surface area contributed by atoms with E-state index in [1.165, 1.54) is 0 Å². The zero-order chi connectivity index (χ0) is 11.3. The highest BCUT2D eigenvalue weighted by molar-refractivity contribution is 6.39. The average molecular weight is 213 g/mol. The Morgan fingerprint density at radius 3 is 2.93 bits per heavy atom. The molecule has 0 saturated carbocycles. The summed E-state index contributed by atoms with van der Waals surface area (Å²) in [6.07, 6.45) is 1.16. The third-order valence-electron chi connectivity index (χ3n) is 2.11. The van der Waals surface area contributed by atoms with Crippen LogP contribution in [0.4, 0.5) is 0 Å². The molecule has 0 bridgehead atoms. The van der Waals surface area contributed by atoms with Gasteiger partial charge in [0.1, 0.15) is 5.71 Å². The summed E-state index contributed by atoms with van der Waals surface area (Å²) in [6, 6.07) is -0.0946. The van der Waals surface area contributed by atoms with Crippen LogP contribution < -0.4 is 10.7 Å². The van der Waals surface area contributed by atoms with Crippen LogP contribution in [0.3, 0.4) is 0 Å². The van der Waals surface area contributed by atoms with Crippen molar-refractivity contribution >= 4 is 17.5 Å². The molecule has 6 heteroatoms. The summed E-state index contributed by atoms with van der Waals surface area (Å²) in [5.41, 5.74) is 2.59. The van der Waals surface area contributed by atoms with E-state index in [1.54, 1.807) is 6.92 Å². The lowest BCUT2D eigenvalue weighted by atomic mass is 10.1. The average Bonchev–Trinajstić information content (AvgIpc) is 2.18. The van der Waals surface area contributed by atoms with Crippen LogP contribution in [0.25, 0.3) is 0 Å². The van der Waals surface area contributed by atoms with Gasteiger partial charge in [-0.1, -0.05) is 0 Å². The monoisotopic (exact) mass is 213 g/mol. The van der Waals surface area contributed by atoms with Gasteiger partial charge in [-0.25, -0.2) is 5.43 Å². The van der Waals surface area contributed by atoms with Crippen molar-refractivity contribution in [3.8, 4) is 0 Å². The van der Waals surface area contributed by atoms with E-state index in [2.05, 4.69) is 15.8 Å². The number of aliphatic hydroxyl groups is 1. The van der Waals surface area contributed by atoms with Gasteiger partial charge in [-0.15, -0.1) is 0 Å². The Morgan fingerprint density at radius 2 is 2.40 bits per heavy atom. The van der Waals surface area contributed by atoms with Crippen LogP contribution in [-0.2, 0) is 9.59 Å². The molecule has 6 nitrogen and oxygen atoms in total. The van der Waals surface area contributed by atoms with E-state index in [0.717, 1.165) is 0 Å². The minimum absolute atomic E-state index is 0.0324. The van der Waals surface area contributed by atoms with E-state index in [4.69, 9.17) is 5.11 Å². The predicted molar refractivity (Wildman–Crippen MR) is 54.1 cm³/mol. The maximum Gasteiger partial charge on any atom is 0.267 e. The van der Waals surface area contributed by atoms with Gasteiger partial charge < -0.3 is 10.4 Å². The quantitative estimate of drug-likeness (QED) is 0.567. The summed E-state index contributed by atoms with van der Waals surface area (Å²) in [7, 11) is 0. The highest BCUT2D eigenvalue weighted by Crippen LogP contribution is 2.00. The fourth-order valence-electron chi connectivity index (χ4n) is 1.21. The number of nitrogens with zero attached hydrogens (tertiary/aromatic N) is 1. The molecule has 1 aliphatic heterocycles. The van der Waals surface area contributed by atoms with Gasteiger partial charge in [-0.3, -0.25) is 9.59 Å². The first-order valence-electron chi connectivity index (χ1n) is 4.90. The summed E-state index contributed by atoms with van der Waals surface area (Å²) in [6.45, 7) is 1.83. The molecule has 1 heterocycles. The molecule has 0 fully saturated rings. The van der Waals surface area contributed by atoms with E-state index < -0.39 is 0 Å². The first kappa shape index (κ1) is 11.6. The normalized spacial score (nSPS) is 17.7. The number of carbonyl (C=O) groups is 2. The van der Waals surface area contributed by atoms with E-state index >= 15 is 0 Å². The standard InChI is InChI=1S/C9H15N3O3/c1-6(4-5-13)10-9(15)7-2-3-8(14)12-11-7/h6,13H,2-5H2,1H3,(H,10,15)(H,12,14). The van der Waals surface area contributed by atoms with Gasteiger partial charge in [-0.2, -0.15) is 5.10 Å². The summed E-state index contributed by atoms with van der Waals surface area (Å²) in [5, 5.41) is 15.0. The summed E-state index contributed by atoms with van der Waals surface area (Å²) in [4.78, 5) is 22.3. The van der Waals surface area contributed by atoms with E-state index in [1.807, 2.05) is 0 Å². The molecular formula is C9H15N3O3. The Kier molecular flexibility index (Phi) is 4.23. The van der Waals surface area contributed by atoms with Crippen LogP contribution in [0.1, 0.15) is 26.2 Å². The summed E-state index contributed by atoms with van der Waals surface area (Å²) >= 11 is 0. The first-order chi connectivity index (χ1) is 7.13. The van der Waals surface area contributed by atoms with Crippen molar-refractivity contribution in [2.75, 3.05) is 6.61 Å². The van der Waals surface area contributed by atoms with Crippen molar-refractivity contribution in [3.05, 3.63) is 0 Å². The number of hydrazone groups is 1. The Balaban J connectivity index is 2.43. The second-order valence-corrected chi connectivity index (χ2v) is 3.48. The van der Waals surface area contributed by atoms with Crippen LogP contribution in [0.2, 0.25) is 0 Å². The molecule has 15 heavy (non-hydrogen) atoms. The molecule has 1 unspecified atom stereocenters. The van der Waals surface area contributed by atoms with Crippen LogP contribution in [0.15, 0.2) is 5.10 Å². The molecule has 0 aromatic heterocycles. The van der Waals surface area contributed by atoms with Crippen LogP contribution in [0.5, 0.6) is 0 Å². The molecule has 2 amide bonds. The smallest absolute Gasteiger partial charge is 0.267 e. The molecule has 3 N–H and O–H groups in total. The molecule has 1 atom stereocenters. The minimum Gasteiger partial charge on any atom is -0.396 e. The highest BCUT2D eigenvalue weighted by Gasteiger charge is 2.19. The fraction of sp³-hybridized carbons (Fsp3) is 0.667. The van der Waals surface area contributed by atoms with Crippen molar-refractivity contribution in [2.24, 2.45) is 5.10 Å². The summed E-state index contributed by atoms with van der Waals surface area (Å²) < 4.78 is 0. The minimum atomic E-state index is -0.282. The number of amides is 2. The zero-order valence-corrected chi connectivity index (χ0v) is 8.62. The van der Waals surface area contributed by atoms with Gasteiger partial charge >= 0.3 is 0 Å². The van der Waals surface area contributed by atoms with Crippen LogP contribution in [-0.4, -0.2) is 35.3 Å². The lowest BCUT2D eigenvalue weighted by Crippen LogP contribution is -2.41. The molecule has 1 rings (SSSR count). The predicted octanol–water partition coefficient (Wildman–Crippen LogP) is -0.860. The third kappa shape index (κ3) is 3.67. The van der Waals surface area contributed by atoms with Gasteiger partial charge in [0.2, 0.25) is 5.91 Å². The van der Waals surface area contributed by atoms with Crippen LogP contribution in [0, 0.1) is 0 Å². The third-order valence-corrected chi connectivity index (χ3v) is 2.11. The van der Waals surface area contributed by atoms with Crippen molar-refractivity contribution in [2.45, 2.75) is 32.2 Å². The second kappa shape index (κ2) is 5.45. The Morgan fingerprint density at radius 1 is 1.67 bits per heavy atom. The van der Waals surface area contributed by atoms with E-state index in [0.29, 0.717) is 25.0 Å². The number of aliphatic hydroxyl groups excluding tert-OH is 1. The lowest BCUT2D eigenvalue weighted by Gasteiger charge is -2.15. The van der Waals surface area contributed by atoms with Crippen molar-refractivity contribution < 1.29 is 14.7 Å². The van der Waals surface area contributed by atoms with Gasteiger partial charge in [0, 0.05) is 25.5 Å². The van der Waals surface area contributed by atoms with E-state index in [-0.39, 0.29) is 24.5 Å². The molecule has 84 valence electrons. The molecular weight excluding hydrogens is 198 g/mol. The molecule has 1 aliphatic rings. The summed E-state index contributed by atoms with van der Waals surface area (Å²) in [5.74, 6) is -0.453. The first-order valence-corrected chi connectivity index (χ1v) is 4.90. The largest absolute Gasteiger partial charge is 0.396 e. The number of hydrogen-bond acceptors (Lipinski definition) is 4. The maximum absolute atomic E-state index is 11.5. The van der Waals surface area contributed by atoms with Gasteiger partial charge in [0.25, 0.3) is 5.91 Å². The highest BCUT2D eigenvalue weighted by atomic mass is 16.3. The van der Waals surface area contributed by atoms with E-state index in [9.17, 15) is 9.59 Å². The van der Waals surface area contributed by atoms with Gasteiger partial charge in [0.05, 0.1) is 0 Å². The Labute approximate surface area is 87.7 Å². The molecule has 0 radical (unpaired) electrons. The maximum atomic E-state index is 11.5. The van der Waals surface area contributed by atoms with Crippen molar-refractivity contribution in [1.82, 2.24) is 10.7 Å². The lowest BCUT2D eigenvalue weighted by molar-refractivity contribution is -0.121. The van der Waals surface area contributed by atoms with Crippen molar-refractivity contribution in [1.29, 1.82) is 0 Å². The number of nitrogens with one attached hydrogen (secondary N) is 2. The van der Waals surface area contributed by atoms with Crippen LogP contribution >= 0.6 is 0 Å². The molecule has 0 spiro atoms. The zero-order valence-electron chi connectivity index (χ0n) is 8.62. The molecule has 0 aliphatic carbocycles. The SMILES string of the molecule is CC(CCO)NC(=O)C1=NNC(=O)CC1. The second-order valence-electron chi connectivity index (χ2n) is 3.48. The topological polar surface area (TPSA) is 90.8 Å². The number of hydrogen-bond donors (Lipinski definition) is 3.